The number of aliphatic hydroxyl groups is 1. The monoisotopic (exact) mass is 227 g/mol. The standard InChI is InChI=1S/C10H13NOS2/c1-7(6-12)11-5-8-4-10-9(14-8)2-3-13-10/h2-4,7,11-12H,5-6H2,1H3. The van der Waals surface area contributed by atoms with Gasteiger partial charge in [0, 0.05) is 26.9 Å². The van der Waals surface area contributed by atoms with Gasteiger partial charge in [0.1, 0.15) is 0 Å². The number of hydrogen-bond donors (Lipinski definition) is 2. The van der Waals surface area contributed by atoms with E-state index in [9.17, 15) is 0 Å². The second kappa shape index (κ2) is 4.40. The van der Waals surface area contributed by atoms with Gasteiger partial charge in [0.15, 0.2) is 0 Å². The van der Waals surface area contributed by atoms with Crippen LogP contribution in [0.1, 0.15) is 11.8 Å². The Labute approximate surface area is 91.2 Å². The van der Waals surface area contributed by atoms with Crippen molar-refractivity contribution in [1.29, 1.82) is 0 Å². The SMILES string of the molecule is CC(CO)NCc1cc2sccc2s1. The van der Waals surface area contributed by atoms with Gasteiger partial charge in [-0.1, -0.05) is 0 Å². The summed E-state index contributed by atoms with van der Waals surface area (Å²) < 4.78 is 2.73. The maximum atomic E-state index is 8.86. The molecule has 0 aliphatic carbocycles. The van der Waals surface area contributed by atoms with Crippen molar-refractivity contribution in [1.82, 2.24) is 5.32 Å². The van der Waals surface area contributed by atoms with Crippen LogP contribution in [0.25, 0.3) is 9.40 Å². The lowest BCUT2D eigenvalue weighted by Crippen LogP contribution is -2.28. The Bertz CT molecular complexity index is 378. The highest BCUT2D eigenvalue weighted by Crippen LogP contribution is 2.29. The third-order valence-electron chi connectivity index (χ3n) is 2.09. The Morgan fingerprint density at radius 2 is 2.36 bits per heavy atom. The Morgan fingerprint density at radius 1 is 1.50 bits per heavy atom. The van der Waals surface area contributed by atoms with Crippen LogP contribution in [0.4, 0.5) is 0 Å². The summed E-state index contributed by atoms with van der Waals surface area (Å²) in [5.41, 5.74) is 0. The van der Waals surface area contributed by atoms with Crippen molar-refractivity contribution in [3.63, 3.8) is 0 Å². The van der Waals surface area contributed by atoms with Gasteiger partial charge in [-0.25, -0.2) is 0 Å². The fourth-order valence-corrected chi connectivity index (χ4v) is 3.33. The van der Waals surface area contributed by atoms with E-state index in [0.29, 0.717) is 0 Å². The average Bonchev–Trinajstić information content (AvgIpc) is 2.73. The number of fused-ring (bicyclic) bond motifs is 1. The van der Waals surface area contributed by atoms with Gasteiger partial charge in [-0.2, -0.15) is 0 Å². The molecule has 2 nitrogen and oxygen atoms in total. The van der Waals surface area contributed by atoms with Crippen LogP contribution < -0.4 is 5.32 Å². The Balaban J connectivity index is 2.01. The van der Waals surface area contributed by atoms with Crippen molar-refractivity contribution in [3.05, 3.63) is 22.4 Å². The lowest BCUT2D eigenvalue weighted by molar-refractivity contribution is 0.251. The molecule has 0 saturated heterocycles. The van der Waals surface area contributed by atoms with Gasteiger partial charge in [0.2, 0.25) is 0 Å². The molecule has 0 fully saturated rings. The third kappa shape index (κ3) is 2.15. The maximum absolute atomic E-state index is 8.86. The summed E-state index contributed by atoms with van der Waals surface area (Å²) in [5, 5.41) is 14.2. The van der Waals surface area contributed by atoms with Crippen molar-refractivity contribution in [2.24, 2.45) is 0 Å². The van der Waals surface area contributed by atoms with Crippen molar-refractivity contribution < 1.29 is 5.11 Å². The topological polar surface area (TPSA) is 32.3 Å². The first-order valence-electron chi connectivity index (χ1n) is 4.60. The van der Waals surface area contributed by atoms with Crippen molar-refractivity contribution in [3.8, 4) is 0 Å². The molecule has 2 aromatic heterocycles. The van der Waals surface area contributed by atoms with E-state index in [-0.39, 0.29) is 12.6 Å². The van der Waals surface area contributed by atoms with Crippen molar-refractivity contribution >= 4 is 32.1 Å². The number of thiophene rings is 2. The van der Waals surface area contributed by atoms with E-state index in [4.69, 9.17) is 5.11 Å². The zero-order chi connectivity index (χ0) is 9.97. The third-order valence-corrected chi connectivity index (χ3v) is 4.18. The van der Waals surface area contributed by atoms with Crippen LogP contribution in [0.2, 0.25) is 0 Å². The van der Waals surface area contributed by atoms with E-state index < -0.39 is 0 Å². The van der Waals surface area contributed by atoms with Crippen LogP contribution in [-0.4, -0.2) is 17.8 Å². The number of hydrogen-bond acceptors (Lipinski definition) is 4. The summed E-state index contributed by atoms with van der Waals surface area (Å²) in [7, 11) is 0. The van der Waals surface area contributed by atoms with Crippen LogP contribution >= 0.6 is 22.7 Å². The molecule has 2 aromatic rings. The minimum Gasteiger partial charge on any atom is -0.395 e. The lowest BCUT2D eigenvalue weighted by atomic mass is 10.3. The molecule has 4 heteroatoms. The van der Waals surface area contributed by atoms with Crippen LogP contribution in [0, 0.1) is 0 Å². The lowest BCUT2D eigenvalue weighted by Gasteiger charge is -2.08. The highest BCUT2D eigenvalue weighted by atomic mass is 32.1. The predicted molar refractivity (Wildman–Crippen MR) is 63.1 cm³/mol. The van der Waals surface area contributed by atoms with Gasteiger partial charge >= 0.3 is 0 Å². The van der Waals surface area contributed by atoms with E-state index in [1.807, 2.05) is 18.3 Å². The molecule has 76 valence electrons. The molecule has 0 amide bonds. The molecule has 2 N–H and O–H groups in total. The molecule has 0 spiro atoms. The van der Waals surface area contributed by atoms with Crippen LogP contribution in [0.3, 0.4) is 0 Å². The van der Waals surface area contributed by atoms with Gasteiger partial charge in [-0.15, -0.1) is 22.7 Å². The van der Waals surface area contributed by atoms with E-state index in [2.05, 4.69) is 22.8 Å². The van der Waals surface area contributed by atoms with Gasteiger partial charge in [-0.05, 0) is 24.4 Å². The van der Waals surface area contributed by atoms with Crippen LogP contribution in [0.15, 0.2) is 17.5 Å². The molecule has 0 aromatic carbocycles. The summed E-state index contributed by atoms with van der Waals surface area (Å²) >= 11 is 3.60. The van der Waals surface area contributed by atoms with E-state index in [1.165, 1.54) is 14.3 Å². The largest absolute Gasteiger partial charge is 0.395 e. The number of rotatable bonds is 4. The summed E-state index contributed by atoms with van der Waals surface area (Å²) in [4.78, 5) is 1.34. The second-order valence-corrected chi connectivity index (χ2v) is 5.44. The first-order chi connectivity index (χ1) is 6.79. The van der Waals surface area contributed by atoms with E-state index in [0.717, 1.165) is 6.54 Å². The fourth-order valence-electron chi connectivity index (χ4n) is 1.24. The first kappa shape index (κ1) is 10.1. The smallest absolute Gasteiger partial charge is 0.0582 e. The first-order valence-corrected chi connectivity index (χ1v) is 6.29. The summed E-state index contributed by atoms with van der Waals surface area (Å²) in [6.45, 7) is 3.03. The predicted octanol–water partition coefficient (Wildman–Crippen LogP) is 2.43. The zero-order valence-corrected chi connectivity index (χ0v) is 9.62. The molecule has 2 heterocycles. The van der Waals surface area contributed by atoms with Crippen molar-refractivity contribution in [2.75, 3.05) is 6.61 Å². The molecule has 2 rings (SSSR count). The minimum absolute atomic E-state index is 0.176. The van der Waals surface area contributed by atoms with Crippen molar-refractivity contribution in [2.45, 2.75) is 19.5 Å². The molecule has 0 bridgehead atoms. The quantitative estimate of drug-likeness (QED) is 0.841. The molecular formula is C10H13NOS2. The van der Waals surface area contributed by atoms with Gasteiger partial charge in [0.05, 0.1) is 6.61 Å². The molecule has 0 saturated carbocycles. The molecule has 1 unspecified atom stereocenters. The van der Waals surface area contributed by atoms with Gasteiger partial charge < -0.3 is 10.4 Å². The zero-order valence-electron chi connectivity index (χ0n) is 7.99. The highest BCUT2D eigenvalue weighted by molar-refractivity contribution is 7.26. The Hall–Kier alpha value is -0.420. The number of nitrogens with one attached hydrogen (secondary N) is 1. The summed E-state index contributed by atoms with van der Waals surface area (Å²) in [6.07, 6.45) is 0. The molecule has 0 aliphatic heterocycles. The van der Waals surface area contributed by atoms with Gasteiger partial charge in [0.25, 0.3) is 0 Å². The van der Waals surface area contributed by atoms with Gasteiger partial charge in [-0.3, -0.25) is 0 Å². The second-order valence-electron chi connectivity index (χ2n) is 3.33. The normalized spacial score (nSPS) is 13.6. The summed E-state index contributed by atoms with van der Waals surface area (Å²) in [5.74, 6) is 0. The molecule has 1 atom stereocenters. The summed E-state index contributed by atoms with van der Waals surface area (Å²) in [6, 6.07) is 4.56. The molecule has 0 radical (unpaired) electrons. The number of aliphatic hydroxyl groups excluding tert-OH is 1. The molecule has 0 aliphatic rings. The maximum Gasteiger partial charge on any atom is 0.0582 e. The van der Waals surface area contributed by atoms with Crippen LogP contribution in [-0.2, 0) is 6.54 Å². The minimum atomic E-state index is 0.176. The Kier molecular flexibility index (Phi) is 3.18. The average molecular weight is 227 g/mol. The van der Waals surface area contributed by atoms with E-state index >= 15 is 0 Å². The molecular weight excluding hydrogens is 214 g/mol. The van der Waals surface area contributed by atoms with E-state index in [1.54, 1.807) is 11.3 Å². The Morgan fingerprint density at radius 3 is 3.07 bits per heavy atom. The van der Waals surface area contributed by atoms with Crippen LogP contribution in [0.5, 0.6) is 0 Å². The highest BCUT2D eigenvalue weighted by Gasteiger charge is 2.04. The molecule has 14 heavy (non-hydrogen) atoms. The fraction of sp³-hybridized carbons (Fsp3) is 0.400.